The zero-order valence-electron chi connectivity index (χ0n) is 17.9. The summed E-state index contributed by atoms with van der Waals surface area (Å²) in [6.07, 6.45) is 7.58. The van der Waals surface area contributed by atoms with Crippen molar-refractivity contribution in [2.75, 3.05) is 18.8 Å². The third kappa shape index (κ3) is 6.82. The summed E-state index contributed by atoms with van der Waals surface area (Å²) < 4.78 is 14.7. The summed E-state index contributed by atoms with van der Waals surface area (Å²) in [4.78, 5) is 4.68. The Labute approximate surface area is 200 Å². The Morgan fingerprint density at radius 3 is 2.65 bits per heavy atom. The van der Waals surface area contributed by atoms with Crippen molar-refractivity contribution in [3.63, 3.8) is 0 Å². The normalized spacial score (nSPS) is 14.5. The van der Waals surface area contributed by atoms with Crippen LogP contribution in [0.15, 0.2) is 29.3 Å². The number of guanidine groups is 1. The van der Waals surface area contributed by atoms with Crippen LogP contribution in [0.4, 0.5) is 10.2 Å². The molecule has 0 saturated heterocycles. The zero-order valence-corrected chi connectivity index (χ0v) is 20.2. The van der Waals surface area contributed by atoms with Crippen LogP contribution in [0.25, 0.3) is 5.69 Å². The molecule has 7 nitrogen and oxygen atoms in total. The van der Waals surface area contributed by atoms with E-state index in [0.717, 1.165) is 18.9 Å². The highest BCUT2D eigenvalue weighted by molar-refractivity contribution is 14.0. The summed E-state index contributed by atoms with van der Waals surface area (Å²) in [6, 6.07) is 8.51. The highest BCUT2D eigenvalue weighted by atomic mass is 127. The number of halogens is 2. The molecule has 1 saturated carbocycles. The number of aliphatic imine (C=N–C) groups is 1. The van der Waals surface area contributed by atoms with Crippen LogP contribution in [0.5, 0.6) is 0 Å². The number of anilines is 1. The van der Waals surface area contributed by atoms with Gasteiger partial charge in [-0.2, -0.15) is 10.4 Å². The summed E-state index contributed by atoms with van der Waals surface area (Å²) in [5.74, 6) is 0.789. The Kier molecular flexibility index (Phi) is 10.0. The number of aryl methyl sites for hydroxylation is 1. The van der Waals surface area contributed by atoms with Gasteiger partial charge in [0.05, 0.1) is 11.4 Å². The molecule has 1 aliphatic rings. The number of rotatable bonds is 7. The Morgan fingerprint density at radius 2 is 2.00 bits per heavy atom. The molecule has 168 valence electrons. The molecule has 0 amide bonds. The topological polar surface area (TPSA) is 104 Å². The fraction of sp³-hybridized carbons (Fsp3) is 0.500. The maximum Gasteiger partial charge on any atom is 0.191 e. The first kappa shape index (κ1) is 24.9. The monoisotopic (exact) mass is 539 g/mol. The predicted octanol–water partition coefficient (Wildman–Crippen LogP) is 3.90. The van der Waals surface area contributed by atoms with Crippen LogP contribution in [0, 0.1) is 17.1 Å². The molecule has 4 N–H and O–H groups in total. The lowest BCUT2D eigenvalue weighted by atomic mass is 9.96. The maximum atomic E-state index is 13.2. The molecule has 1 aromatic heterocycles. The van der Waals surface area contributed by atoms with Crippen molar-refractivity contribution in [3.05, 3.63) is 41.3 Å². The molecule has 9 heteroatoms. The summed E-state index contributed by atoms with van der Waals surface area (Å²) in [5, 5.41) is 20.8. The van der Waals surface area contributed by atoms with E-state index in [1.807, 2.05) is 0 Å². The lowest BCUT2D eigenvalue weighted by Gasteiger charge is -2.24. The number of nitriles is 1. The zero-order chi connectivity index (χ0) is 21.3. The molecule has 1 heterocycles. The first-order chi connectivity index (χ1) is 14.6. The Bertz CT molecular complexity index is 896. The number of nitrogens with zero attached hydrogens (tertiary/aromatic N) is 4. The van der Waals surface area contributed by atoms with Crippen molar-refractivity contribution in [1.82, 2.24) is 20.4 Å². The number of benzene rings is 1. The summed E-state index contributed by atoms with van der Waals surface area (Å²) >= 11 is 0. The van der Waals surface area contributed by atoms with Crippen LogP contribution in [-0.2, 0) is 6.42 Å². The van der Waals surface area contributed by atoms with E-state index in [4.69, 9.17) is 5.73 Å². The van der Waals surface area contributed by atoms with E-state index in [1.165, 1.54) is 48.9 Å². The van der Waals surface area contributed by atoms with E-state index >= 15 is 0 Å². The SMILES string of the molecule is CCNC(=NCCCc1nn(-c2ccc(F)cc2)c(N)c1C#N)NC1CCCCC1.I. The molecule has 2 aromatic rings. The fourth-order valence-corrected chi connectivity index (χ4v) is 3.75. The molecular formula is C22H31FIN7. The van der Waals surface area contributed by atoms with Gasteiger partial charge in [0.15, 0.2) is 5.96 Å². The molecule has 1 fully saturated rings. The molecule has 0 unspecified atom stereocenters. The fourth-order valence-electron chi connectivity index (χ4n) is 3.75. The second kappa shape index (κ2) is 12.5. The Hall–Kier alpha value is -2.35. The largest absolute Gasteiger partial charge is 0.382 e. The van der Waals surface area contributed by atoms with Crippen molar-refractivity contribution >= 4 is 35.8 Å². The average molecular weight is 539 g/mol. The first-order valence-corrected chi connectivity index (χ1v) is 10.7. The Balaban J connectivity index is 0.00000341. The van der Waals surface area contributed by atoms with Crippen LogP contribution >= 0.6 is 24.0 Å². The summed E-state index contributed by atoms with van der Waals surface area (Å²) in [5.41, 5.74) is 7.75. The number of aromatic nitrogens is 2. The van der Waals surface area contributed by atoms with Gasteiger partial charge >= 0.3 is 0 Å². The van der Waals surface area contributed by atoms with Gasteiger partial charge in [-0.1, -0.05) is 19.3 Å². The lowest BCUT2D eigenvalue weighted by molar-refractivity contribution is 0.410. The maximum absolute atomic E-state index is 13.2. The second-order valence-corrected chi connectivity index (χ2v) is 7.55. The van der Waals surface area contributed by atoms with E-state index in [0.29, 0.717) is 36.0 Å². The van der Waals surface area contributed by atoms with Gasteiger partial charge in [-0.25, -0.2) is 9.07 Å². The molecule has 0 aliphatic heterocycles. The van der Waals surface area contributed by atoms with Crippen LogP contribution in [0.3, 0.4) is 0 Å². The molecule has 1 aromatic carbocycles. The second-order valence-electron chi connectivity index (χ2n) is 7.55. The molecule has 0 spiro atoms. The molecule has 0 radical (unpaired) electrons. The minimum atomic E-state index is -0.332. The third-order valence-electron chi connectivity index (χ3n) is 5.31. The van der Waals surface area contributed by atoms with E-state index in [2.05, 4.69) is 33.7 Å². The number of hydrogen-bond donors (Lipinski definition) is 3. The van der Waals surface area contributed by atoms with Crippen molar-refractivity contribution in [1.29, 1.82) is 5.26 Å². The van der Waals surface area contributed by atoms with E-state index < -0.39 is 0 Å². The van der Waals surface area contributed by atoms with Gasteiger partial charge in [-0.05, 0) is 56.9 Å². The van der Waals surface area contributed by atoms with Crippen LogP contribution in [0.1, 0.15) is 56.7 Å². The van der Waals surface area contributed by atoms with Crippen LogP contribution in [-0.4, -0.2) is 34.9 Å². The highest BCUT2D eigenvalue weighted by Crippen LogP contribution is 2.22. The van der Waals surface area contributed by atoms with Crippen LogP contribution in [0.2, 0.25) is 0 Å². The van der Waals surface area contributed by atoms with Gasteiger partial charge in [-0.15, -0.1) is 24.0 Å². The summed E-state index contributed by atoms with van der Waals surface area (Å²) in [7, 11) is 0. The number of nitrogen functional groups attached to an aromatic ring is 1. The quantitative estimate of drug-likeness (QED) is 0.214. The lowest BCUT2D eigenvalue weighted by Crippen LogP contribution is -2.44. The highest BCUT2D eigenvalue weighted by Gasteiger charge is 2.17. The minimum absolute atomic E-state index is 0. The van der Waals surface area contributed by atoms with Gasteiger partial charge in [-0.3, -0.25) is 4.99 Å². The number of nitrogens with one attached hydrogen (secondary N) is 2. The summed E-state index contributed by atoms with van der Waals surface area (Å²) in [6.45, 7) is 3.49. The average Bonchev–Trinajstić information content (AvgIpc) is 3.08. The predicted molar refractivity (Wildman–Crippen MR) is 132 cm³/mol. The molecule has 31 heavy (non-hydrogen) atoms. The molecule has 0 bridgehead atoms. The van der Waals surface area contributed by atoms with Crippen molar-refractivity contribution in [2.24, 2.45) is 4.99 Å². The van der Waals surface area contributed by atoms with E-state index in [1.54, 1.807) is 12.1 Å². The van der Waals surface area contributed by atoms with Crippen molar-refractivity contribution < 1.29 is 4.39 Å². The molecule has 3 rings (SSSR count). The third-order valence-corrected chi connectivity index (χ3v) is 5.31. The first-order valence-electron chi connectivity index (χ1n) is 10.7. The number of hydrogen-bond acceptors (Lipinski definition) is 4. The molecule has 1 aliphatic carbocycles. The smallest absolute Gasteiger partial charge is 0.191 e. The Morgan fingerprint density at radius 1 is 1.29 bits per heavy atom. The van der Waals surface area contributed by atoms with Gasteiger partial charge in [0.1, 0.15) is 23.3 Å². The van der Waals surface area contributed by atoms with Crippen molar-refractivity contribution in [3.8, 4) is 11.8 Å². The molecule has 0 atom stereocenters. The number of nitrogens with two attached hydrogens (primary N) is 1. The van der Waals surface area contributed by atoms with Gasteiger partial charge < -0.3 is 16.4 Å². The van der Waals surface area contributed by atoms with Crippen LogP contribution < -0.4 is 16.4 Å². The van der Waals surface area contributed by atoms with E-state index in [9.17, 15) is 9.65 Å². The van der Waals surface area contributed by atoms with Gasteiger partial charge in [0.25, 0.3) is 0 Å². The van der Waals surface area contributed by atoms with E-state index in [-0.39, 0.29) is 35.6 Å². The standard InChI is InChI=1S/C22H30FN7.HI/c1-2-26-22(28-17-7-4-3-5-8-17)27-14-6-9-20-19(15-24)21(25)30(29-20)18-12-10-16(23)11-13-18;/h10-13,17H,2-9,14,25H2,1H3,(H2,26,27,28);1H. The molecular weight excluding hydrogens is 508 g/mol. The minimum Gasteiger partial charge on any atom is -0.382 e. The van der Waals surface area contributed by atoms with Crippen molar-refractivity contribution in [2.45, 2.75) is 57.9 Å². The van der Waals surface area contributed by atoms with Gasteiger partial charge in [0.2, 0.25) is 0 Å². The van der Waals surface area contributed by atoms with Gasteiger partial charge in [0, 0.05) is 19.1 Å².